The van der Waals surface area contributed by atoms with E-state index in [1.807, 2.05) is 31.2 Å². The van der Waals surface area contributed by atoms with E-state index in [0.29, 0.717) is 6.54 Å². The highest BCUT2D eigenvalue weighted by atomic mass is 16.1. The molecule has 1 fully saturated rings. The molecule has 1 amide bonds. The van der Waals surface area contributed by atoms with Crippen molar-refractivity contribution in [3.8, 4) is 0 Å². The van der Waals surface area contributed by atoms with E-state index in [2.05, 4.69) is 88.7 Å². The van der Waals surface area contributed by atoms with Crippen LogP contribution < -0.4 is 15.1 Å². The molecule has 4 rings (SSSR count). The van der Waals surface area contributed by atoms with Crippen molar-refractivity contribution >= 4 is 17.3 Å². The van der Waals surface area contributed by atoms with Gasteiger partial charge in [0.05, 0.1) is 6.04 Å². The van der Waals surface area contributed by atoms with E-state index in [1.165, 1.54) is 16.9 Å². The van der Waals surface area contributed by atoms with Crippen LogP contribution in [0.1, 0.15) is 27.5 Å². The Morgan fingerprint density at radius 1 is 0.879 bits per heavy atom. The van der Waals surface area contributed by atoms with Gasteiger partial charge in [0.25, 0.3) is 5.91 Å². The second-order valence-electron chi connectivity index (χ2n) is 8.89. The number of amides is 1. The Bertz CT molecular complexity index is 1040. The molecule has 0 radical (unpaired) electrons. The lowest BCUT2D eigenvalue weighted by Crippen LogP contribution is -2.50. The number of benzene rings is 3. The van der Waals surface area contributed by atoms with Crippen molar-refractivity contribution < 1.29 is 4.79 Å². The highest BCUT2D eigenvalue weighted by Crippen LogP contribution is 2.26. The first-order valence-electron chi connectivity index (χ1n) is 11.7. The molecule has 3 aromatic carbocycles. The van der Waals surface area contributed by atoms with Crippen LogP contribution in [-0.4, -0.2) is 57.6 Å². The number of nitrogens with one attached hydrogen (secondary N) is 1. The summed E-state index contributed by atoms with van der Waals surface area (Å²) < 4.78 is 0. The first-order valence-corrected chi connectivity index (χ1v) is 11.7. The molecule has 33 heavy (non-hydrogen) atoms. The predicted molar refractivity (Wildman–Crippen MR) is 137 cm³/mol. The van der Waals surface area contributed by atoms with E-state index in [0.717, 1.165) is 37.3 Å². The number of para-hydroxylation sites is 1. The Morgan fingerprint density at radius 2 is 1.52 bits per heavy atom. The monoisotopic (exact) mass is 442 g/mol. The van der Waals surface area contributed by atoms with Gasteiger partial charge in [0.1, 0.15) is 0 Å². The lowest BCUT2D eigenvalue weighted by Gasteiger charge is -2.40. The summed E-state index contributed by atoms with van der Waals surface area (Å²) in [5.41, 5.74) is 5.43. The van der Waals surface area contributed by atoms with Crippen LogP contribution in [0.4, 0.5) is 11.4 Å². The van der Waals surface area contributed by atoms with E-state index in [4.69, 9.17) is 0 Å². The van der Waals surface area contributed by atoms with Crippen molar-refractivity contribution in [1.82, 2.24) is 10.2 Å². The fourth-order valence-corrected chi connectivity index (χ4v) is 4.50. The van der Waals surface area contributed by atoms with Gasteiger partial charge in [-0.25, -0.2) is 0 Å². The van der Waals surface area contributed by atoms with Crippen LogP contribution in [0.25, 0.3) is 0 Å². The summed E-state index contributed by atoms with van der Waals surface area (Å²) in [6.07, 6.45) is 0. The average molecular weight is 443 g/mol. The normalized spacial score (nSPS) is 15.2. The zero-order chi connectivity index (χ0) is 23.2. The van der Waals surface area contributed by atoms with Gasteiger partial charge in [0.2, 0.25) is 0 Å². The predicted octanol–water partition coefficient (Wildman–Crippen LogP) is 4.35. The zero-order valence-electron chi connectivity index (χ0n) is 19.9. The lowest BCUT2D eigenvalue weighted by atomic mass is 10.0. The number of nitrogens with zero attached hydrogens (tertiary/aromatic N) is 3. The fraction of sp³-hybridized carbons (Fsp3) is 0.321. The van der Waals surface area contributed by atoms with Gasteiger partial charge >= 0.3 is 0 Å². The first-order chi connectivity index (χ1) is 16.0. The second kappa shape index (κ2) is 10.5. The Kier molecular flexibility index (Phi) is 7.30. The van der Waals surface area contributed by atoms with E-state index in [9.17, 15) is 4.79 Å². The van der Waals surface area contributed by atoms with E-state index in [-0.39, 0.29) is 11.9 Å². The van der Waals surface area contributed by atoms with Crippen LogP contribution in [0.3, 0.4) is 0 Å². The van der Waals surface area contributed by atoms with E-state index >= 15 is 0 Å². The summed E-state index contributed by atoms with van der Waals surface area (Å²) in [6, 6.07) is 27.2. The number of hydrogen-bond acceptors (Lipinski definition) is 4. The van der Waals surface area contributed by atoms with Gasteiger partial charge in [-0.1, -0.05) is 48.5 Å². The molecule has 0 spiro atoms. The van der Waals surface area contributed by atoms with Crippen molar-refractivity contribution in [2.24, 2.45) is 0 Å². The molecular weight excluding hydrogens is 408 g/mol. The minimum absolute atomic E-state index is 0.00840. The molecule has 3 aromatic rings. The number of carbonyl (C=O) groups is 1. The molecule has 0 bridgehead atoms. The van der Waals surface area contributed by atoms with Gasteiger partial charge in [-0.05, 0) is 48.4 Å². The summed E-state index contributed by atoms with van der Waals surface area (Å²) in [5.74, 6) is -0.00840. The third-order valence-corrected chi connectivity index (χ3v) is 6.52. The van der Waals surface area contributed by atoms with Crippen molar-refractivity contribution in [2.45, 2.75) is 13.0 Å². The van der Waals surface area contributed by atoms with Gasteiger partial charge in [0, 0.05) is 63.8 Å². The zero-order valence-corrected chi connectivity index (χ0v) is 19.9. The Hall–Kier alpha value is -3.31. The highest BCUT2D eigenvalue weighted by Gasteiger charge is 2.26. The highest BCUT2D eigenvalue weighted by molar-refractivity contribution is 5.95. The number of rotatable bonds is 7. The molecule has 172 valence electrons. The molecule has 0 aromatic heterocycles. The average Bonchev–Trinajstić information content (AvgIpc) is 2.85. The summed E-state index contributed by atoms with van der Waals surface area (Å²) in [7, 11) is 4.11. The SMILES string of the molecule is Cc1ccccc1C(=O)NC[C@@H](c1ccc(N(C)C)cc1)N1CCN(c2ccccc2)CC1. The van der Waals surface area contributed by atoms with Crippen molar-refractivity contribution in [3.05, 3.63) is 95.6 Å². The van der Waals surface area contributed by atoms with Crippen molar-refractivity contribution in [1.29, 1.82) is 0 Å². The smallest absolute Gasteiger partial charge is 0.251 e. The maximum atomic E-state index is 12.9. The minimum atomic E-state index is -0.00840. The first kappa shape index (κ1) is 22.9. The molecule has 1 atom stereocenters. The molecule has 1 heterocycles. The number of hydrogen-bond donors (Lipinski definition) is 1. The second-order valence-corrected chi connectivity index (χ2v) is 8.89. The van der Waals surface area contributed by atoms with Gasteiger partial charge < -0.3 is 15.1 Å². The maximum absolute atomic E-state index is 12.9. The van der Waals surface area contributed by atoms with Crippen LogP contribution >= 0.6 is 0 Å². The molecule has 5 heteroatoms. The minimum Gasteiger partial charge on any atom is -0.378 e. The molecule has 0 unspecified atom stereocenters. The van der Waals surface area contributed by atoms with Crippen LogP contribution in [0.5, 0.6) is 0 Å². The number of carbonyl (C=O) groups excluding carboxylic acids is 1. The molecule has 0 aliphatic carbocycles. The molecule has 1 aliphatic rings. The molecule has 1 aliphatic heterocycles. The number of anilines is 2. The number of aryl methyl sites for hydroxylation is 1. The van der Waals surface area contributed by atoms with Gasteiger partial charge in [-0.3, -0.25) is 9.69 Å². The van der Waals surface area contributed by atoms with Crippen LogP contribution in [0.15, 0.2) is 78.9 Å². The molecular formula is C28H34N4O. The molecule has 5 nitrogen and oxygen atoms in total. The Morgan fingerprint density at radius 3 is 2.15 bits per heavy atom. The van der Waals surface area contributed by atoms with Gasteiger partial charge in [-0.2, -0.15) is 0 Å². The Labute approximate surface area is 197 Å². The van der Waals surface area contributed by atoms with Crippen molar-refractivity contribution in [3.63, 3.8) is 0 Å². The largest absolute Gasteiger partial charge is 0.378 e. The topological polar surface area (TPSA) is 38.8 Å². The van der Waals surface area contributed by atoms with E-state index < -0.39 is 0 Å². The van der Waals surface area contributed by atoms with Crippen LogP contribution in [0.2, 0.25) is 0 Å². The quantitative estimate of drug-likeness (QED) is 0.590. The Balaban J connectivity index is 1.49. The van der Waals surface area contributed by atoms with E-state index in [1.54, 1.807) is 0 Å². The summed E-state index contributed by atoms with van der Waals surface area (Å²) in [6.45, 7) is 6.42. The van der Waals surface area contributed by atoms with Gasteiger partial charge in [0.15, 0.2) is 0 Å². The molecule has 1 N–H and O–H groups in total. The summed E-state index contributed by atoms with van der Waals surface area (Å²) in [5, 5.41) is 3.21. The summed E-state index contributed by atoms with van der Waals surface area (Å²) >= 11 is 0. The number of piperazine rings is 1. The standard InChI is InChI=1S/C28H34N4O/c1-22-9-7-8-12-26(22)28(33)29-21-27(23-13-15-24(16-14-23)30(2)3)32-19-17-31(18-20-32)25-10-5-4-6-11-25/h4-16,27H,17-21H2,1-3H3,(H,29,33)/t27-/m0/s1. The fourth-order valence-electron chi connectivity index (χ4n) is 4.50. The van der Waals surface area contributed by atoms with Crippen molar-refractivity contribution in [2.75, 3.05) is 56.6 Å². The van der Waals surface area contributed by atoms with Gasteiger partial charge in [-0.15, -0.1) is 0 Å². The molecule has 0 saturated carbocycles. The third kappa shape index (κ3) is 5.55. The summed E-state index contributed by atoms with van der Waals surface area (Å²) in [4.78, 5) is 20.0. The third-order valence-electron chi connectivity index (χ3n) is 6.52. The maximum Gasteiger partial charge on any atom is 0.251 e. The van der Waals surface area contributed by atoms with Crippen LogP contribution in [0, 0.1) is 6.92 Å². The molecule has 1 saturated heterocycles. The van der Waals surface area contributed by atoms with Crippen LogP contribution in [-0.2, 0) is 0 Å². The lowest BCUT2D eigenvalue weighted by molar-refractivity contribution is 0.0929.